The molecule has 0 radical (unpaired) electrons. The molecule has 1 spiro atoms. The molecule has 1 fully saturated rings. The molecule has 31 heavy (non-hydrogen) atoms. The quantitative estimate of drug-likeness (QED) is 0.569. The Balaban J connectivity index is 1.49. The Morgan fingerprint density at radius 2 is 1.81 bits per heavy atom. The highest BCUT2D eigenvalue weighted by atomic mass is 32.2. The number of amides is 1. The highest BCUT2D eigenvalue weighted by molar-refractivity contribution is 8.16. The summed E-state index contributed by atoms with van der Waals surface area (Å²) in [5, 5.41) is 5.07. The van der Waals surface area contributed by atoms with E-state index in [1.165, 1.54) is 42.8 Å². The van der Waals surface area contributed by atoms with Crippen LogP contribution in [0.25, 0.3) is 0 Å². The fraction of sp³-hybridized carbons (Fsp3) is 0.409. The summed E-state index contributed by atoms with van der Waals surface area (Å²) in [5.74, 6) is -0.539. The van der Waals surface area contributed by atoms with Crippen molar-refractivity contribution in [1.82, 2.24) is 0 Å². The number of nitrogens with one attached hydrogen (secondary N) is 1. The topological polar surface area (TPSA) is 53.8 Å². The van der Waals surface area contributed by atoms with Crippen LogP contribution in [-0.2, 0) is 11.0 Å². The van der Waals surface area contributed by atoms with Crippen LogP contribution in [0, 0.1) is 0 Å². The van der Waals surface area contributed by atoms with Crippen molar-refractivity contribution in [3.63, 3.8) is 0 Å². The van der Waals surface area contributed by atoms with E-state index in [-0.39, 0.29) is 11.4 Å². The summed E-state index contributed by atoms with van der Waals surface area (Å²) in [6.07, 6.45) is 1.72. The van der Waals surface area contributed by atoms with Gasteiger partial charge in [0.25, 0.3) is 0 Å². The smallest absolute Gasteiger partial charge is 0.325 e. The Morgan fingerprint density at radius 3 is 2.48 bits per heavy atom. The van der Waals surface area contributed by atoms with Gasteiger partial charge in [-0.1, -0.05) is 42.8 Å². The number of thioether (sulfide) groups is 1. The third kappa shape index (κ3) is 5.20. The van der Waals surface area contributed by atoms with Crippen LogP contribution in [0.2, 0.25) is 0 Å². The zero-order chi connectivity index (χ0) is 21.9. The first-order valence-electron chi connectivity index (χ1n) is 10.2. The summed E-state index contributed by atoms with van der Waals surface area (Å²) in [6.45, 7) is 0. The number of thiophene rings is 1. The van der Waals surface area contributed by atoms with Crippen molar-refractivity contribution in [2.45, 2.75) is 50.4 Å². The molecule has 2 aromatic rings. The van der Waals surface area contributed by atoms with Crippen molar-refractivity contribution < 1.29 is 18.0 Å². The van der Waals surface area contributed by atoms with E-state index >= 15 is 0 Å². The number of halogens is 3. The molecule has 4 nitrogen and oxygen atoms in total. The van der Waals surface area contributed by atoms with Crippen molar-refractivity contribution in [3.05, 3.63) is 52.2 Å². The molecule has 164 valence electrons. The molecule has 1 aromatic heterocycles. The van der Waals surface area contributed by atoms with Crippen molar-refractivity contribution in [2.75, 3.05) is 11.1 Å². The van der Waals surface area contributed by atoms with Gasteiger partial charge in [0, 0.05) is 0 Å². The molecule has 0 unspecified atom stereocenters. The van der Waals surface area contributed by atoms with Gasteiger partial charge in [-0.25, -0.2) is 4.99 Å². The minimum Gasteiger partial charge on any atom is -0.325 e. The molecule has 0 atom stereocenters. The normalized spacial score (nSPS) is 18.4. The Morgan fingerprint density at radius 1 is 1.06 bits per heavy atom. The van der Waals surface area contributed by atoms with Gasteiger partial charge in [0.1, 0.15) is 10.8 Å². The second-order valence-corrected chi connectivity index (χ2v) is 9.54. The number of hydrogen-bond donors (Lipinski definition) is 1. The molecule has 4 rings (SSSR count). The molecular formula is C22H22F3N3OS2. The molecule has 1 saturated carbocycles. The van der Waals surface area contributed by atoms with E-state index in [0.717, 1.165) is 42.3 Å². The molecule has 1 N–H and O–H groups in total. The van der Waals surface area contributed by atoms with Gasteiger partial charge in [0.15, 0.2) is 5.66 Å². The van der Waals surface area contributed by atoms with Crippen LogP contribution in [0.4, 0.5) is 18.9 Å². The molecule has 2 aliphatic rings. The zero-order valence-electron chi connectivity index (χ0n) is 16.7. The lowest BCUT2D eigenvalue weighted by Crippen LogP contribution is -2.20. The SMILES string of the molecule is O=C(CSC1=NC2(CCCCCC2)N=C1c1cccs1)Nc1ccccc1C(F)(F)F. The Labute approximate surface area is 187 Å². The van der Waals surface area contributed by atoms with E-state index in [1.807, 2.05) is 17.5 Å². The number of aliphatic imine (C=N–C) groups is 2. The van der Waals surface area contributed by atoms with Gasteiger partial charge in [-0.3, -0.25) is 9.79 Å². The van der Waals surface area contributed by atoms with E-state index in [4.69, 9.17) is 9.98 Å². The van der Waals surface area contributed by atoms with Crippen LogP contribution < -0.4 is 5.32 Å². The van der Waals surface area contributed by atoms with Crippen molar-refractivity contribution >= 4 is 45.4 Å². The highest BCUT2D eigenvalue weighted by Gasteiger charge is 2.37. The predicted octanol–water partition coefficient (Wildman–Crippen LogP) is 6.39. The lowest BCUT2D eigenvalue weighted by molar-refractivity contribution is -0.137. The average molecular weight is 466 g/mol. The van der Waals surface area contributed by atoms with E-state index in [2.05, 4.69) is 5.32 Å². The van der Waals surface area contributed by atoms with Gasteiger partial charge in [-0.15, -0.1) is 11.3 Å². The van der Waals surface area contributed by atoms with E-state index < -0.39 is 23.3 Å². The summed E-state index contributed by atoms with van der Waals surface area (Å²) in [7, 11) is 0. The lowest BCUT2D eigenvalue weighted by Gasteiger charge is -2.20. The maximum Gasteiger partial charge on any atom is 0.418 e. The first-order chi connectivity index (χ1) is 14.9. The van der Waals surface area contributed by atoms with Crippen molar-refractivity contribution in [1.29, 1.82) is 0 Å². The number of carbonyl (C=O) groups excluding carboxylic acids is 1. The number of nitrogens with zero attached hydrogens (tertiary/aromatic N) is 2. The average Bonchev–Trinajstić information content (AvgIpc) is 3.31. The number of para-hydroxylation sites is 1. The number of rotatable bonds is 4. The first kappa shape index (κ1) is 22.1. The van der Waals surface area contributed by atoms with Gasteiger partial charge in [0.2, 0.25) is 5.91 Å². The minimum atomic E-state index is -4.53. The zero-order valence-corrected chi connectivity index (χ0v) is 18.4. The second kappa shape index (κ2) is 9.16. The standard InChI is InChI=1S/C22H22F3N3OS2/c23-22(24,25)15-8-3-4-9-16(15)26-18(29)14-31-20-19(17-10-7-13-30-17)27-21(28-20)11-5-1-2-6-12-21/h3-4,7-10,13H,1-2,5-6,11-12,14H2,(H,26,29). The monoisotopic (exact) mass is 465 g/mol. The van der Waals surface area contributed by atoms with Crippen LogP contribution in [0.15, 0.2) is 51.8 Å². The summed E-state index contributed by atoms with van der Waals surface area (Å²) in [4.78, 5) is 23.4. The molecule has 2 heterocycles. The van der Waals surface area contributed by atoms with Gasteiger partial charge < -0.3 is 5.32 Å². The van der Waals surface area contributed by atoms with Gasteiger partial charge in [-0.05, 0) is 49.3 Å². The number of anilines is 1. The summed E-state index contributed by atoms with van der Waals surface area (Å²) < 4.78 is 39.6. The Hall–Kier alpha value is -2.13. The maximum atomic E-state index is 13.2. The fourth-order valence-electron chi connectivity index (χ4n) is 3.88. The van der Waals surface area contributed by atoms with Crippen LogP contribution in [-0.4, -0.2) is 28.1 Å². The van der Waals surface area contributed by atoms with Gasteiger partial charge in [0.05, 0.1) is 21.9 Å². The number of carbonyl (C=O) groups is 1. The molecular weight excluding hydrogens is 443 g/mol. The first-order valence-corrected chi connectivity index (χ1v) is 12.1. The molecule has 1 aliphatic heterocycles. The predicted molar refractivity (Wildman–Crippen MR) is 121 cm³/mol. The van der Waals surface area contributed by atoms with Gasteiger partial charge >= 0.3 is 6.18 Å². The largest absolute Gasteiger partial charge is 0.418 e. The summed E-state index contributed by atoms with van der Waals surface area (Å²) in [5.41, 5.74) is -0.756. The second-order valence-electron chi connectivity index (χ2n) is 7.63. The number of benzene rings is 1. The van der Waals surface area contributed by atoms with Gasteiger partial charge in [-0.2, -0.15) is 13.2 Å². The Bertz CT molecular complexity index is 992. The van der Waals surface area contributed by atoms with Crippen LogP contribution in [0.1, 0.15) is 49.0 Å². The number of alkyl halides is 3. The lowest BCUT2D eigenvalue weighted by atomic mass is 10.0. The van der Waals surface area contributed by atoms with E-state index in [9.17, 15) is 18.0 Å². The molecule has 1 amide bonds. The molecule has 9 heteroatoms. The van der Waals surface area contributed by atoms with Crippen LogP contribution in [0.5, 0.6) is 0 Å². The Kier molecular flexibility index (Phi) is 6.52. The van der Waals surface area contributed by atoms with Crippen molar-refractivity contribution in [3.8, 4) is 0 Å². The highest BCUT2D eigenvalue weighted by Crippen LogP contribution is 2.39. The third-order valence-corrected chi connectivity index (χ3v) is 7.18. The van der Waals surface area contributed by atoms with Crippen LogP contribution >= 0.6 is 23.1 Å². The molecule has 0 saturated heterocycles. The molecule has 0 bridgehead atoms. The summed E-state index contributed by atoms with van der Waals surface area (Å²) in [6, 6.07) is 8.92. The summed E-state index contributed by atoms with van der Waals surface area (Å²) >= 11 is 2.81. The third-order valence-electron chi connectivity index (χ3n) is 5.34. The molecule has 1 aromatic carbocycles. The van der Waals surface area contributed by atoms with Crippen molar-refractivity contribution in [2.24, 2.45) is 9.98 Å². The number of hydrogen-bond acceptors (Lipinski definition) is 5. The van der Waals surface area contributed by atoms with E-state index in [0.29, 0.717) is 5.04 Å². The minimum absolute atomic E-state index is 0.0362. The molecule has 1 aliphatic carbocycles. The van der Waals surface area contributed by atoms with Crippen LogP contribution in [0.3, 0.4) is 0 Å². The fourth-order valence-corrected chi connectivity index (χ4v) is 5.52. The van der Waals surface area contributed by atoms with E-state index in [1.54, 1.807) is 11.3 Å². The maximum absolute atomic E-state index is 13.2.